The lowest BCUT2D eigenvalue weighted by Crippen LogP contribution is -2.49. The van der Waals surface area contributed by atoms with Gasteiger partial charge in [-0.25, -0.2) is 0 Å². The molecule has 8 heteroatoms. The van der Waals surface area contributed by atoms with Gasteiger partial charge in [-0.15, -0.1) is 0 Å². The first kappa shape index (κ1) is 17.4. The van der Waals surface area contributed by atoms with Crippen LogP contribution in [-0.2, 0) is 10.2 Å². The Morgan fingerprint density at radius 1 is 1.27 bits per heavy atom. The molecule has 1 heterocycles. The van der Waals surface area contributed by atoms with Crippen LogP contribution in [0.25, 0.3) is 0 Å². The smallest absolute Gasteiger partial charge is 0.281 e. The Bertz CT molecular complexity index is 640. The largest absolute Gasteiger partial charge is 0.349 e. The van der Waals surface area contributed by atoms with Crippen LogP contribution < -0.4 is 5.32 Å². The Morgan fingerprint density at radius 3 is 2.41 bits per heavy atom. The number of hydrogen-bond acceptors (Lipinski definition) is 3. The van der Waals surface area contributed by atoms with Gasteiger partial charge in [0.25, 0.3) is 16.1 Å². The summed E-state index contributed by atoms with van der Waals surface area (Å²) >= 11 is 3.36. The molecule has 0 aromatic heterocycles. The molecular formula is C14H20BrN3O3S. The zero-order valence-corrected chi connectivity index (χ0v) is 15.0. The molecule has 1 aliphatic heterocycles. The fourth-order valence-electron chi connectivity index (χ4n) is 2.37. The second kappa shape index (κ2) is 7.08. The van der Waals surface area contributed by atoms with E-state index >= 15 is 0 Å². The molecule has 0 unspecified atom stereocenters. The fraction of sp³-hybridized carbons (Fsp3) is 0.500. The van der Waals surface area contributed by atoms with Crippen LogP contribution in [0.4, 0.5) is 0 Å². The summed E-state index contributed by atoms with van der Waals surface area (Å²) in [6, 6.07) is 7.23. The molecule has 0 bridgehead atoms. The van der Waals surface area contributed by atoms with Gasteiger partial charge in [0.2, 0.25) is 0 Å². The Balaban J connectivity index is 1.93. The maximum Gasteiger partial charge on any atom is 0.281 e. The normalized spacial score (nSPS) is 17.6. The molecule has 1 amide bonds. The Hall–Kier alpha value is -0.960. The third-order valence-corrected chi connectivity index (χ3v) is 6.33. The van der Waals surface area contributed by atoms with Crippen LogP contribution in [0.3, 0.4) is 0 Å². The molecule has 2 rings (SSSR count). The van der Waals surface area contributed by atoms with Crippen molar-refractivity contribution in [3.05, 3.63) is 34.3 Å². The van der Waals surface area contributed by atoms with Gasteiger partial charge < -0.3 is 5.32 Å². The molecule has 0 saturated carbocycles. The van der Waals surface area contributed by atoms with Crippen molar-refractivity contribution in [2.45, 2.75) is 18.9 Å². The highest BCUT2D eigenvalue weighted by atomic mass is 79.9. The second-order valence-electron chi connectivity index (χ2n) is 5.42. The van der Waals surface area contributed by atoms with E-state index in [1.165, 1.54) is 22.7 Å². The summed E-state index contributed by atoms with van der Waals surface area (Å²) in [7, 11) is -0.316. The number of halogens is 1. The predicted molar refractivity (Wildman–Crippen MR) is 88.8 cm³/mol. The lowest BCUT2D eigenvalue weighted by Gasteiger charge is -2.33. The van der Waals surface area contributed by atoms with E-state index in [0.29, 0.717) is 31.5 Å². The minimum Gasteiger partial charge on any atom is -0.349 e. The van der Waals surface area contributed by atoms with Crippen molar-refractivity contribution in [2.75, 3.05) is 27.2 Å². The van der Waals surface area contributed by atoms with Crippen LogP contribution in [0.5, 0.6) is 0 Å². The minimum absolute atomic E-state index is 0.00628. The number of carbonyl (C=O) groups excluding carboxylic acids is 1. The van der Waals surface area contributed by atoms with Gasteiger partial charge in [-0.1, -0.05) is 12.1 Å². The third kappa shape index (κ3) is 3.87. The van der Waals surface area contributed by atoms with Crippen LogP contribution in [-0.4, -0.2) is 56.2 Å². The van der Waals surface area contributed by atoms with Gasteiger partial charge in [0, 0.05) is 37.7 Å². The predicted octanol–water partition coefficient (Wildman–Crippen LogP) is 1.45. The van der Waals surface area contributed by atoms with E-state index in [1.807, 2.05) is 18.2 Å². The van der Waals surface area contributed by atoms with Gasteiger partial charge in [-0.3, -0.25) is 4.79 Å². The lowest BCUT2D eigenvalue weighted by molar-refractivity contribution is 0.0922. The molecular weight excluding hydrogens is 370 g/mol. The fourth-order valence-corrected chi connectivity index (χ4v) is 3.97. The van der Waals surface area contributed by atoms with Gasteiger partial charge in [0.15, 0.2) is 0 Å². The highest BCUT2D eigenvalue weighted by molar-refractivity contribution is 9.10. The van der Waals surface area contributed by atoms with E-state index in [4.69, 9.17) is 0 Å². The van der Waals surface area contributed by atoms with E-state index < -0.39 is 10.2 Å². The molecule has 1 N–H and O–H groups in total. The Kier molecular flexibility index (Phi) is 5.60. The molecule has 0 spiro atoms. The molecule has 6 nitrogen and oxygen atoms in total. The van der Waals surface area contributed by atoms with E-state index in [-0.39, 0.29) is 11.9 Å². The molecule has 1 fully saturated rings. The van der Waals surface area contributed by atoms with Crippen LogP contribution in [0.1, 0.15) is 23.2 Å². The highest BCUT2D eigenvalue weighted by Crippen LogP contribution is 2.18. The van der Waals surface area contributed by atoms with Gasteiger partial charge in [-0.05, 0) is 40.9 Å². The van der Waals surface area contributed by atoms with E-state index in [0.717, 1.165) is 4.47 Å². The number of nitrogens with one attached hydrogen (secondary N) is 1. The molecule has 1 aliphatic rings. The average molecular weight is 390 g/mol. The summed E-state index contributed by atoms with van der Waals surface area (Å²) in [5, 5.41) is 2.97. The first-order valence-corrected chi connectivity index (χ1v) is 9.24. The lowest BCUT2D eigenvalue weighted by atomic mass is 10.1. The number of hydrogen-bond donors (Lipinski definition) is 1. The van der Waals surface area contributed by atoms with Gasteiger partial charge in [0.1, 0.15) is 0 Å². The van der Waals surface area contributed by atoms with E-state index in [1.54, 1.807) is 6.07 Å². The minimum atomic E-state index is -3.36. The summed E-state index contributed by atoms with van der Waals surface area (Å²) in [5.74, 6) is -0.138. The number of nitrogens with zero attached hydrogens (tertiary/aromatic N) is 2. The zero-order chi connectivity index (χ0) is 16.3. The van der Waals surface area contributed by atoms with E-state index in [2.05, 4.69) is 21.2 Å². The second-order valence-corrected chi connectivity index (χ2v) is 8.41. The molecule has 1 aromatic rings. The van der Waals surface area contributed by atoms with Crippen LogP contribution in [0, 0.1) is 0 Å². The number of rotatable bonds is 4. The monoisotopic (exact) mass is 389 g/mol. The first-order valence-electron chi connectivity index (χ1n) is 7.05. The number of amides is 1. The number of benzene rings is 1. The van der Waals surface area contributed by atoms with Crippen LogP contribution >= 0.6 is 15.9 Å². The molecule has 1 aromatic carbocycles. The first-order chi connectivity index (χ1) is 10.3. The van der Waals surface area contributed by atoms with Gasteiger partial charge in [0.05, 0.1) is 5.56 Å². The van der Waals surface area contributed by atoms with Crippen molar-refractivity contribution in [3.63, 3.8) is 0 Å². The maximum absolute atomic E-state index is 12.2. The number of carbonyl (C=O) groups is 1. The molecule has 22 heavy (non-hydrogen) atoms. The highest BCUT2D eigenvalue weighted by Gasteiger charge is 2.30. The summed E-state index contributed by atoms with van der Waals surface area (Å²) in [5.41, 5.74) is 0.589. The summed E-state index contributed by atoms with van der Waals surface area (Å²) in [4.78, 5) is 12.2. The van der Waals surface area contributed by atoms with Crippen molar-refractivity contribution in [3.8, 4) is 0 Å². The number of piperidine rings is 1. The third-order valence-electron chi connectivity index (χ3n) is 3.70. The zero-order valence-electron chi connectivity index (χ0n) is 12.6. The average Bonchev–Trinajstić information content (AvgIpc) is 2.48. The van der Waals surface area contributed by atoms with Crippen molar-refractivity contribution in [2.24, 2.45) is 0 Å². The Labute approximate surface area is 139 Å². The van der Waals surface area contributed by atoms with Crippen molar-refractivity contribution >= 4 is 32.0 Å². The van der Waals surface area contributed by atoms with Crippen molar-refractivity contribution < 1.29 is 13.2 Å². The molecule has 0 radical (unpaired) electrons. The summed E-state index contributed by atoms with van der Waals surface area (Å²) in [6.45, 7) is 0.836. The Morgan fingerprint density at radius 2 is 1.86 bits per heavy atom. The summed E-state index contributed by atoms with van der Waals surface area (Å²) in [6.07, 6.45) is 1.23. The topological polar surface area (TPSA) is 69.7 Å². The molecule has 122 valence electrons. The molecule has 1 saturated heterocycles. The molecule has 0 atom stereocenters. The van der Waals surface area contributed by atoms with Crippen molar-refractivity contribution in [1.29, 1.82) is 0 Å². The van der Waals surface area contributed by atoms with Crippen LogP contribution in [0.15, 0.2) is 28.7 Å². The van der Waals surface area contributed by atoms with Crippen LogP contribution in [0.2, 0.25) is 0 Å². The van der Waals surface area contributed by atoms with E-state index in [9.17, 15) is 13.2 Å². The van der Waals surface area contributed by atoms with Gasteiger partial charge >= 0.3 is 0 Å². The van der Waals surface area contributed by atoms with Crippen molar-refractivity contribution in [1.82, 2.24) is 13.9 Å². The molecule has 0 aliphatic carbocycles. The SMILES string of the molecule is CN(C)S(=O)(=O)N1CCC(NC(=O)c2ccccc2Br)CC1. The maximum atomic E-state index is 12.2. The quantitative estimate of drug-likeness (QED) is 0.846. The van der Waals surface area contributed by atoms with Gasteiger partial charge in [-0.2, -0.15) is 17.0 Å². The standard InChI is InChI=1S/C14H20BrN3O3S/c1-17(2)22(20,21)18-9-7-11(8-10-18)16-14(19)12-5-3-4-6-13(12)15/h3-6,11H,7-10H2,1-2H3,(H,16,19). The summed E-state index contributed by atoms with van der Waals surface area (Å²) < 4.78 is 27.5.